The van der Waals surface area contributed by atoms with Crippen LogP contribution in [0.25, 0.3) is 11.1 Å². The summed E-state index contributed by atoms with van der Waals surface area (Å²) >= 11 is 1.38. The lowest BCUT2D eigenvalue weighted by molar-refractivity contribution is -0.130. The summed E-state index contributed by atoms with van der Waals surface area (Å²) in [4.78, 5) is 18.7. The van der Waals surface area contributed by atoms with Crippen molar-refractivity contribution >= 4 is 28.8 Å². The Bertz CT molecular complexity index is 597. The molecule has 0 saturated carbocycles. The van der Waals surface area contributed by atoms with Crippen LogP contribution in [-0.2, 0) is 4.79 Å². The van der Waals surface area contributed by atoms with Gasteiger partial charge in [-0.2, -0.15) is 0 Å². The summed E-state index contributed by atoms with van der Waals surface area (Å²) in [6, 6.07) is 7.66. The summed E-state index contributed by atoms with van der Waals surface area (Å²) in [6.45, 7) is 6.17. The van der Waals surface area contributed by atoms with Crippen molar-refractivity contribution in [1.29, 1.82) is 0 Å². The summed E-state index contributed by atoms with van der Waals surface area (Å²) in [7, 11) is 0. The van der Waals surface area contributed by atoms with Crippen molar-refractivity contribution in [3.8, 4) is 0 Å². The van der Waals surface area contributed by atoms with Crippen LogP contribution < -0.4 is 0 Å². The van der Waals surface area contributed by atoms with Gasteiger partial charge in [-0.1, -0.05) is 37.7 Å². The van der Waals surface area contributed by atoms with Gasteiger partial charge in [0.1, 0.15) is 5.52 Å². The van der Waals surface area contributed by atoms with Crippen LogP contribution in [0.5, 0.6) is 0 Å². The number of aromatic nitrogens is 1. The van der Waals surface area contributed by atoms with E-state index >= 15 is 0 Å². The number of para-hydroxylation sites is 2. The fourth-order valence-corrected chi connectivity index (χ4v) is 3.74. The zero-order valence-corrected chi connectivity index (χ0v) is 13.2. The molecule has 1 saturated heterocycles. The number of oxazole rings is 1. The van der Waals surface area contributed by atoms with Crippen molar-refractivity contribution in [3.05, 3.63) is 24.3 Å². The molecular weight excluding hydrogens is 284 g/mol. The van der Waals surface area contributed by atoms with Gasteiger partial charge < -0.3 is 9.32 Å². The number of nitrogens with zero attached hydrogens (tertiary/aromatic N) is 2. The quantitative estimate of drug-likeness (QED) is 0.815. The van der Waals surface area contributed by atoms with Crippen LogP contribution in [0.4, 0.5) is 0 Å². The number of carbonyl (C=O) groups excluding carboxylic acids is 1. The molecule has 1 amide bonds. The number of amides is 1. The highest BCUT2D eigenvalue weighted by Gasteiger charge is 2.25. The van der Waals surface area contributed by atoms with Crippen molar-refractivity contribution in [3.63, 3.8) is 0 Å². The van der Waals surface area contributed by atoms with Crippen LogP contribution in [0.2, 0.25) is 0 Å². The summed E-state index contributed by atoms with van der Waals surface area (Å²) < 4.78 is 5.63. The molecule has 1 aliphatic rings. The largest absolute Gasteiger partial charge is 0.431 e. The minimum Gasteiger partial charge on any atom is -0.431 e. The Morgan fingerprint density at radius 2 is 2.05 bits per heavy atom. The molecule has 112 valence electrons. The number of carbonyl (C=O) groups is 1. The molecule has 0 radical (unpaired) electrons. The van der Waals surface area contributed by atoms with Crippen LogP contribution in [0, 0.1) is 11.8 Å². The lowest BCUT2D eigenvalue weighted by Crippen LogP contribution is -2.43. The Morgan fingerprint density at radius 3 is 2.76 bits per heavy atom. The van der Waals surface area contributed by atoms with Crippen molar-refractivity contribution in [2.24, 2.45) is 11.8 Å². The predicted molar refractivity (Wildman–Crippen MR) is 84.3 cm³/mol. The summed E-state index contributed by atoms with van der Waals surface area (Å²) in [5, 5.41) is 0.572. The minimum absolute atomic E-state index is 0.181. The van der Waals surface area contributed by atoms with E-state index in [1.807, 2.05) is 29.2 Å². The molecule has 0 bridgehead atoms. The molecule has 3 rings (SSSR count). The molecule has 21 heavy (non-hydrogen) atoms. The number of benzene rings is 1. The van der Waals surface area contributed by atoms with Gasteiger partial charge >= 0.3 is 0 Å². The Balaban J connectivity index is 1.60. The first-order valence-corrected chi connectivity index (χ1v) is 8.36. The highest BCUT2D eigenvalue weighted by atomic mass is 32.2. The standard InChI is InChI=1S/C16H20N2O2S/c1-11-7-12(2)9-18(8-11)15(19)10-21-16-17-13-5-3-4-6-14(13)20-16/h3-6,11-12H,7-10H2,1-2H3/t11-,12-/m1/s1. The van der Waals surface area contributed by atoms with Gasteiger partial charge in [0.25, 0.3) is 5.22 Å². The Kier molecular flexibility index (Phi) is 4.19. The third-order valence-corrected chi connectivity index (χ3v) is 4.63. The Morgan fingerprint density at radius 1 is 1.33 bits per heavy atom. The Hall–Kier alpha value is -1.49. The summed E-state index contributed by atoms with van der Waals surface area (Å²) in [5.74, 6) is 1.76. The lowest BCUT2D eigenvalue weighted by Gasteiger charge is -2.34. The second-order valence-electron chi connectivity index (χ2n) is 5.98. The van der Waals surface area contributed by atoms with E-state index in [-0.39, 0.29) is 5.91 Å². The van der Waals surface area contributed by atoms with Gasteiger partial charge in [-0.15, -0.1) is 0 Å². The van der Waals surface area contributed by atoms with Crippen LogP contribution in [-0.4, -0.2) is 34.6 Å². The van der Waals surface area contributed by atoms with Crippen LogP contribution in [0.15, 0.2) is 33.9 Å². The summed E-state index contributed by atoms with van der Waals surface area (Å²) in [6.07, 6.45) is 1.21. The minimum atomic E-state index is 0.181. The second-order valence-corrected chi connectivity index (χ2v) is 6.91. The van der Waals surface area contributed by atoms with E-state index in [1.165, 1.54) is 18.2 Å². The third-order valence-electron chi connectivity index (χ3n) is 3.81. The topological polar surface area (TPSA) is 46.3 Å². The van der Waals surface area contributed by atoms with E-state index < -0.39 is 0 Å². The molecule has 5 heteroatoms. The van der Waals surface area contributed by atoms with E-state index in [0.717, 1.165) is 24.2 Å². The first-order chi connectivity index (χ1) is 10.1. The Labute approximate surface area is 128 Å². The zero-order valence-electron chi connectivity index (χ0n) is 12.4. The van der Waals surface area contributed by atoms with Gasteiger partial charge in [-0.3, -0.25) is 4.79 Å². The van der Waals surface area contributed by atoms with Gasteiger partial charge in [0.05, 0.1) is 5.75 Å². The fourth-order valence-electron chi connectivity index (χ4n) is 2.99. The molecule has 0 unspecified atom stereocenters. The number of piperidine rings is 1. The average Bonchev–Trinajstić information content (AvgIpc) is 2.86. The normalized spacial score (nSPS) is 22.7. The highest BCUT2D eigenvalue weighted by Crippen LogP contribution is 2.25. The number of rotatable bonds is 3. The van der Waals surface area contributed by atoms with Gasteiger partial charge in [0.2, 0.25) is 5.91 Å². The average molecular weight is 304 g/mol. The molecule has 1 aliphatic heterocycles. The number of fused-ring (bicyclic) bond motifs is 1. The zero-order chi connectivity index (χ0) is 14.8. The van der Waals surface area contributed by atoms with Crippen molar-refractivity contribution in [2.45, 2.75) is 25.5 Å². The molecule has 2 aromatic rings. The monoisotopic (exact) mass is 304 g/mol. The number of likely N-dealkylation sites (tertiary alicyclic amines) is 1. The number of thioether (sulfide) groups is 1. The van der Waals surface area contributed by atoms with Crippen LogP contribution in [0.3, 0.4) is 0 Å². The highest BCUT2D eigenvalue weighted by molar-refractivity contribution is 7.99. The van der Waals surface area contributed by atoms with Gasteiger partial charge in [0, 0.05) is 13.1 Å². The van der Waals surface area contributed by atoms with E-state index in [0.29, 0.717) is 22.8 Å². The molecule has 0 N–H and O–H groups in total. The van der Waals surface area contributed by atoms with Gasteiger partial charge in [0.15, 0.2) is 5.58 Å². The molecule has 1 aromatic heterocycles. The van der Waals surface area contributed by atoms with Crippen molar-refractivity contribution in [2.75, 3.05) is 18.8 Å². The fraction of sp³-hybridized carbons (Fsp3) is 0.500. The van der Waals surface area contributed by atoms with E-state index in [2.05, 4.69) is 18.8 Å². The predicted octanol–water partition coefficient (Wildman–Crippen LogP) is 3.42. The van der Waals surface area contributed by atoms with Crippen molar-refractivity contribution < 1.29 is 9.21 Å². The number of hydrogen-bond acceptors (Lipinski definition) is 4. The maximum absolute atomic E-state index is 12.3. The second kappa shape index (κ2) is 6.10. The third kappa shape index (κ3) is 3.40. The number of hydrogen-bond donors (Lipinski definition) is 0. The first-order valence-electron chi connectivity index (χ1n) is 7.38. The van der Waals surface area contributed by atoms with Crippen molar-refractivity contribution in [1.82, 2.24) is 9.88 Å². The van der Waals surface area contributed by atoms with E-state index in [4.69, 9.17) is 4.42 Å². The SMILES string of the molecule is C[C@@H]1C[C@@H](C)CN(C(=O)CSc2nc3ccccc3o2)C1. The summed E-state index contributed by atoms with van der Waals surface area (Å²) in [5.41, 5.74) is 1.61. The van der Waals surface area contributed by atoms with Crippen LogP contribution in [0.1, 0.15) is 20.3 Å². The van der Waals surface area contributed by atoms with Gasteiger partial charge in [-0.05, 0) is 30.4 Å². The maximum atomic E-state index is 12.3. The molecular formula is C16H20N2O2S. The molecule has 0 aliphatic carbocycles. The van der Waals surface area contributed by atoms with E-state index in [9.17, 15) is 4.79 Å². The molecule has 4 nitrogen and oxygen atoms in total. The molecule has 2 atom stereocenters. The molecule has 0 spiro atoms. The lowest BCUT2D eigenvalue weighted by atomic mass is 9.92. The maximum Gasteiger partial charge on any atom is 0.257 e. The smallest absolute Gasteiger partial charge is 0.257 e. The van der Waals surface area contributed by atoms with Gasteiger partial charge in [-0.25, -0.2) is 4.98 Å². The first kappa shape index (κ1) is 14.4. The van der Waals surface area contributed by atoms with Crippen LogP contribution >= 0.6 is 11.8 Å². The molecule has 2 heterocycles. The van der Waals surface area contributed by atoms with E-state index in [1.54, 1.807) is 0 Å². The molecule has 1 aromatic carbocycles. The molecule has 1 fully saturated rings.